The largest absolute Gasteiger partial charge is 0.480 e. The predicted molar refractivity (Wildman–Crippen MR) is 101 cm³/mol. The second-order valence-electron chi connectivity index (χ2n) is 6.51. The van der Waals surface area contributed by atoms with Gasteiger partial charge in [-0.25, -0.2) is 14.0 Å². The molecular weight excluding hydrogens is 365 g/mol. The molecule has 28 heavy (non-hydrogen) atoms. The Morgan fingerprint density at radius 2 is 1.96 bits per heavy atom. The summed E-state index contributed by atoms with van der Waals surface area (Å²) >= 11 is 0. The van der Waals surface area contributed by atoms with Crippen LogP contribution in [0.1, 0.15) is 15.9 Å². The van der Waals surface area contributed by atoms with E-state index < -0.39 is 23.7 Å². The quantitative estimate of drug-likeness (QED) is 0.797. The van der Waals surface area contributed by atoms with Crippen LogP contribution in [0, 0.1) is 5.82 Å². The third-order valence-electron chi connectivity index (χ3n) is 4.69. The van der Waals surface area contributed by atoms with Gasteiger partial charge >= 0.3 is 12.0 Å². The molecule has 0 spiro atoms. The number of nitrogens with zero attached hydrogens (tertiary/aromatic N) is 2. The Labute approximate surface area is 161 Å². The van der Waals surface area contributed by atoms with E-state index in [1.807, 2.05) is 6.07 Å². The molecule has 3 amide bonds. The van der Waals surface area contributed by atoms with Gasteiger partial charge in [0.1, 0.15) is 11.9 Å². The number of rotatable bonds is 6. The maximum Gasteiger partial charge on any atom is 0.326 e. The number of halogens is 1. The molecule has 0 radical (unpaired) electrons. The molecule has 3 rings (SSSR count). The Hall–Kier alpha value is -3.42. The zero-order valence-electron chi connectivity index (χ0n) is 15.3. The van der Waals surface area contributed by atoms with Crippen molar-refractivity contribution in [3.63, 3.8) is 0 Å². The molecule has 8 heteroatoms. The summed E-state index contributed by atoms with van der Waals surface area (Å²) in [5.41, 5.74) is 0.847. The highest BCUT2D eigenvalue weighted by atomic mass is 19.1. The van der Waals surface area contributed by atoms with Gasteiger partial charge in [-0.2, -0.15) is 0 Å². The molecule has 0 saturated carbocycles. The Morgan fingerprint density at radius 3 is 2.57 bits per heavy atom. The van der Waals surface area contributed by atoms with E-state index in [4.69, 9.17) is 0 Å². The predicted octanol–water partition coefficient (Wildman–Crippen LogP) is 2.12. The average Bonchev–Trinajstić information content (AvgIpc) is 3.12. The Bertz CT molecular complexity index is 904. The minimum absolute atomic E-state index is 0.0915. The number of likely N-dealkylation sites (N-methyl/N-ethyl adjacent to an activating group) is 1. The molecule has 146 valence electrons. The van der Waals surface area contributed by atoms with Gasteiger partial charge in [0, 0.05) is 32.2 Å². The lowest BCUT2D eigenvalue weighted by Gasteiger charge is -2.26. The summed E-state index contributed by atoms with van der Waals surface area (Å²) in [7, 11) is 1.33. The van der Waals surface area contributed by atoms with E-state index >= 15 is 0 Å². The third kappa shape index (κ3) is 3.95. The summed E-state index contributed by atoms with van der Waals surface area (Å²) < 4.78 is 14.3. The molecule has 2 N–H and O–H groups in total. The second-order valence-corrected chi connectivity index (χ2v) is 6.51. The number of carbonyl (C=O) groups excluding carboxylic acids is 2. The molecule has 1 atom stereocenters. The smallest absolute Gasteiger partial charge is 0.326 e. The highest BCUT2D eigenvalue weighted by molar-refractivity contribution is 5.99. The van der Waals surface area contributed by atoms with Crippen molar-refractivity contribution < 1.29 is 23.9 Å². The SMILES string of the molecule is CN(C(=O)c1cc(N2CCNC2=O)ccc1F)C(Cc1ccccc1)C(=O)O. The van der Waals surface area contributed by atoms with Gasteiger partial charge in [0.2, 0.25) is 0 Å². The maximum absolute atomic E-state index is 14.3. The van der Waals surface area contributed by atoms with Gasteiger partial charge in [0.05, 0.1) is 5.56 Å². The van der Waals surface area contributed by atoms with Crippen LogP contribution in [-0.4, -0.2) is 54.1 Å². The van der Waals surface area contributed by atoms with Gasteiger partial charge in [0.15, 0.2) is 0 Å². The number of nitrogens with one attached hydrogen (secondary N) is 1. The first kappa shape index (κ1) is 19.3. The molecule has 1 unspecified atom stereocenters. The number of carbonyl (C=O) groups is 3. The van der Waals surface area contributed by atoms with Gasteiger partial charge in [-0.3, -0.25) is 9.69 Å². The van der Waals surface area contributed by atoms with E-state index in [1.54, 1.807) is 24.3 Å². The molecule has 0 aromatic heterocycles. The lowest BCUT2D eigenvalue weighted by atomic mass is 10.0. The fourth-order valence-corrected chi connectivity index (χ4v) is 3.12. The summed E-state index contributed by atoms with van der Waals surface area (Å²) in [5.74, 6) is -2.72. The molecule has 7 nitrogen and oxygen atoms in total. The molecular formula is C20H20FN3O4. The molecule has 1 aliphatic heterocycles. The molecule has 2 aromatic rings. The monoisotopic (exact) mass is 385 g/mol. The normalized spacial score (nSPS) is 14.5. The van der Waals surface area contributed by atoms with Crippen LogP contribution >= 0.6 is 0 Å². The zero-order valence-corrected chi connectivity index (χ0v) is 15.3. The number of carboxylic acids is 1. The van der Waals surface area contributed by atoms with Crippen molar-refractivity contribution in [3.05, 3.63) is 65.5 Å². The van der Waals surface area contributed by atoms with E-state index in [1.165, 1.54) is 24.1 Å². The fraction of sp³-hybridized carbons (Fsp3) is 0.250. The first-order chi connectivity index (χ1) is 13.4. The topological polar surface area (TPSA) is 90.0 Å². The molecule has 1 aliphatic rings. The van der Waals surface area contributed by atoms with Crippen LogP contribution in [0.5, 0.6) is 0 Å². The lowest BCUT2D eigenvalue weighted by Crippen LogP contribution is -2.44. The Morgan fingerprint density at radius 1 is 1.25 bits per heavy atom. The minimum atomic E-state index is -1.19. The average molecular weight is 385 g/mol. The summed E-state index contributed by atoms with van der Waals surface area (Å²) in [6.45, 7) is 0.858. The number of aliphatic carboxylic acids is 1. The zero-order chi connectivity index (χ0) is 20.3. The molecule has 1 saturated heterocycles. The first-order valence-electron chi connectivity index (χ1n) is 8.77. The van der Waals surface area contributed by atoms with Crippen molar-refractivity contribution in [2.45, 2.75) is 12.5 Å². The van der Waals surface area contributed by atoms with Crippen LogP contribution in [0.25, 0.3) is 0 Å². The van der Waals surface area contributed by atoms with Gasteiger partial charge in [-0.05, 0) is 23.8 Å². The maximum atomic E-state index is 14.3. The molecule has 2 aromatic carbocycles. The van der Waals surface area contributed by atoms with Crippen LogP contribution in [0.2, 0.25) is 0 Å². The number of benzene rings is 2. The van der Waals surface area contributed by atoms with Crippen molar-refractivity contribution in [1.82, 2.24) is 10.2 Å². The van der Waals surface area contributed by atoms with Crippen LogP contribution in [0.3, 0.4) is 0 Å². The van der Waals surface area contributed by atoms with Crippen LogP contribution < -0.4 is 10.2 Å². The van der Waals surface area contributed by atoms with E-state index in [9.17, 15) is 23.9 Å². The van der Waals surface area contributed by atoms with Crippen LogP contribution in [0.15, 0.2) is 48.5 Å². The summed E-state index contributed by atoms with van der Waals surface area (Å²) in [6.07, 6.45) is 0.0915. The Kier molecular flexibility index (Phi) is 5.58. The number of urea groups is 1. The highest BCUT2D eigenvalue weighted by Crippen LogP contribution is 2.22. The number of carboxylic acid groups (broad SMARTS) is 1. The van der Waals surface area contributed by atoms with Crippen molar-refractivity contribution in [3.8, 4) is 0 Å². The fourth-order valence-electron chi connectivity index (χ4n) is 3.12. The number of anilines is 1. The van der Waals surface area contributed by atoms with Crippen LogP contribution in [0.4, 0.5) is 14.9 Å². The Balaban J connectivity index is 1.86. The van der Waals surface area contributed by atoms with Gasteiger partial charge < -0.3 is 15.3 Å². The first-order valence-corrected chi connectivity index (χ1v) is 8.77. The standard InChI is InChI=1S/C20H20FN3O4/c1-23(17(19(26)27)11-13-5-3-2-4-6-13)18(25)15-12-14(7-8-16(15)21)24-10-9-22-20(24)28/h2-8,12,17H,9-11H2,1H3,(H,22,28)(H,26,27). The van der Waals surface area contributed by atoms with Gasteiger partial charge in [0.25, 0.3) is 5.91 Å². The number of hydrogen-bond acceptors (Lipinski definition) is 3. The third-order valence-corrected chi connectivity index (χ3v) is 4.69. The summed E-state index contributed by atoms with van der Waals surface area (Å²) in [6, 6.07) is 11.2. The number of hydrogen-bond donors (Lipinski definition) is 2. The molecule has 1 fully saturated rings. The number of amides is 3. The van der Waals surface area contributed by atoms with E-state index in [2.05, 4.69) is 5.32 Å². The second kappa shape index (κ2) is 8.08. The van der Waals surface area contributed by atoms with E-state index in [0.29, 0.717) is 18.8 Å². The van der Waals surface area contributed by atoms with Crippen molar-refractivity contribution in [2.24, 2.45) is 0 Å². The summed E-state index contributed by atoms with van der Waals surface area (Å²) in [4.78, 5) is 38.8. The van der Waals surface area contributed by atoms with Crippen molar-refractivity contribution >= 4 is 23.6 Å². The highest BCUT2D eigenvalue weighted by Gasteiger charge is 2.30. The molecule has 1 heterocycles. The molecule has 0 bridgehead atoms. The van der Waals surface area contributed by atoms with E-state index in [-0.39, 0.29) is 18.0 Å². The van der Waals surface area contributed by atoms with Crippen molar-refractivity contribution in [2.75, 3.05) is 25.0 Å². The molecule has 0 aliphatic carbocycles. The van der Waals surface area contributed by atoms with E-state index in [0.717, 1.165) is 16.5 Å². The summed E-state index contributed by atoms with van der Waals surface area (Å²) in [5, 5.41) is 12.2. The van der Waals surface area contributed by atoms with Gasteiger partial charge in [-0.1, -0.05) is 30.3 Å². The van der Waals surface area contributed by atoms with Crippen molar-refractivity contribution in [1.29, 1.82) is 0 Å². The van der Waals surface area contributed by atoms with Gasteiger partial charge in [-0.15, -0.1) is 0 Å². The van der Waals surface area contributed by atoms with Crippen LogP contribution in [-0.2, 0) is 11.2 Å². The lowest BCUT2D eigenvalue weighted by molar-refractivity contribution is -0.141. The minimum Gasteiger partial charge on any atom is -0.480 e.